The Morgan fingerprint density at radius 1 is 1.18 bits per heavy atom. The summed E-state index contributed by atoms with van der Waals surface area (Å²) >= 11 is 0. The van der Waals surface area contributed by atoms with Gasteiger partial charge < -0.3 is 24.3 Å². The zero-order valence-corrected chi connectivity index (χ0v) is 16.9. The van der Waals surface area contributed by atoms with Crippen LogP contribution in [0.3, 0.4) is 0 Å². The van der Waals surface area contributed by atoms with Crippen molar-refractivity contribution in [2.45, 2.75) is 44.2 Å². The highest BCUT2D eigenvalue weighted by Crippen LogP contribution is 2.24. The quantitative estimate of drug-likeness (QED) is 0.829. The van der Waals surface area contributed by atoms with Gasteiger partial charge in [0.2, 0.25) is 0 Å². The van der Waals surface area contributed by atoms with E-state index >= 15 is 0 Å². The second kappa shape index (κ2) is 8.53. The molecule has 0 spiro atoms. The molecular formula is C22H31N3O3. The Hall–Kier alpha value is -2.05. The normalized spacial score (nSPS) is 21.5. The first-order chi connectivity index (χ1) is 13.6. The minimum absolute atomic E-state index is 0.0671. The van der Waals surface area contributed by atoms with Gasteiger partial charge in [-0.25, -0.2) is 0 Å². The maximum atomic E-state index is 12.8. The average molecular weight is 386 g/mol. The summed E-state index contributed by atoms with van der Waals surface area (Å²) in [5.41, 5.74) is 1.62. The van der Waals surface area contributed by atoms with E-state index in [0.29, 0.717) is 11.7 Å². The van der Waals surface area contributed by atoms with Gasteiger partial charge in [0.05, 0.1) is 12.7 Å². The van der Waals surface area contributed by atoms with E-state index in [1.54, 1.807) is 7.11 Å². The number of hydrogen-bond acceptors (Lipinski definition) is 4. The van der Waals surface area contributed by atoms with E-state index in [1.165, 1.54) is 19.4 Å². The molecule has 28 heavy (non-hydrogen) atoms. The molecule has 1 unspecified atom stereocenters. The second-order valence-corrected chi connectivity index (χ2v) is 8.07. The Morgan fingerprint density at radius 3 is 2.71 bits per heavy atom. The molecule has 1 N–H and O–H groups in total. The van der Waals surface area contributed by atoms with Crippen LogP contribution in [0.2, 0.25) is 0 Å². The van der Waals surface area contributed by atoms with Crippen molar-refractivity contribution < 1.29 is 14.3 Å². The van der Waals surface area contributed by atoms with Crippen LogP contribution < -0.4 is 4.74 Å². The van der Waals surface area contributed by atoms with Crippen LogP contribution in [-0.4, -0.2) is 73.2 Å². The van der Waals surface area contributed by atoms with Crippen LogP contribution in [0.1, 0.15) is 42.6 Å². The number of carbonyl (C=O) groups excluding carboxylic acids is 1. The molecule has 0 aliphatic carbocycles. The van der Waals surface area contributed by atoms with Crippen molar-refractivity contribution in [2.75, 3.05) is 40.4 Å². The molecule has 6 nitrogen and oxygen atoms in total. The van der Waals surface area contributed by atoms with Gasteiger partial charge in [0.1, 0.15) is 11.4 Å². The number of H-pyrrole nitrogens is 1. The fourth-order valence-electron chi connectivity index (χ4n) is 4.44. The first-order valence-corrected chi connectivity index (χ1v) is 10.4. The summed E-state index contributed by atoms with van der Waals surface area (Å²) in [6.07, 6.45) is 5.69. The monoisotopic (exact) mass is 385 g/mol. The molecule has 2 saturated heterocycles. The minimum Gasteiger partial charge on any atom is -0.494 e. The lowest BCUT2D eigenvalue weighted by Gasteiger charge is -2.30. The van der Waals surface area contributed by atoms with Crippen LogP contribution in [0, 0.1) is 0 Å². The number of ether oxygens (including phenoxy) is 2. The standard InChI is InChI=1S/C22H31N3O3/c1-24-10-3-4-17(24)9-13-28-19-5-6-20-16(14-19)15-21(23-20)22(26)25-11-7-18(27-2)8-12-25/h5-6,14-15,17-18,23H,3-4,7-13H2,1-2H3. The number of aromatic nitrogens is 1. The number of carbonyl (C=O) groups is 1. The lowest BCUT2D eigenvalue weighted by Crippen LogP contribution is -2.40. The van der Waals surface area contributed by atoms with Gasteiger partial charge in [-0.1, -0.05) is 0 Å². The summed E-state index contributed by atoms with van der Waals surface area (Å²) in [5.74, 6) is 0.935. The van der Waals surface area contributed by atoms with Crippen LogP contribution in [0.25, 0.3) is 10.9 Å². The van der Waals surface area contributed by atoms with Gasteiger partial charge in [-0.05, 0) is 70.0 Å². The van der Waals surface area contributed by atoms with Crippen molar-refractivity contribution in [3.63, 3.8) is 0 Å². The van der Waals surface area contributed by atoms with Gasteiger partial charge in [-0.15, -0.1) is 0 Å². The smallest absolute Gasteiger partial charge is 0.270 e. The summed E-state index contributed by atoms with van der Waals surface area (Å²) in [7, 11) is 3.94. The van der Waals surface area contributed by atoms with E-state index in [4.69, 9.17) is 9.47 Å². The van der Waals surface area contributed by atoms with Crippen molar-refractivity contribution in [1.82, 2.24) is 14.8 Å². The summed E-state index contributed by atoms with van der Waals surface area (Å²) in [6.45, 7) is 3.42. The number of fused-ring (bicyclic) bond motifs is 1. The summed E-state index contributed by atoms with van der Waals surface area (Å²) in [5, 5.41) is 1.02. The lowest BCUT2D eigenvalue weighted by molar-refractivity contribution is 0.0348. The molecule has 2 aliphatic rings. The molecule has 0 saturated carbocycles. The number of methoxy groups -OCH3 is 1. The topological polar surface area (TPSA) is 57.8 Å². The van der Waals surface area contributed by atoms with E-state index in [1.807, 2.05) is 29.2 Å². The third kappa shape index (κ3) is 4.18. The molecule has 4 rings (SSSR count). The summed E-state index contributed by atoms with van der Waals surface area (Å²) < 4.78 is 11.4. The van der Waals surface area contributed by atoms with Crippen molar-refractivity contribution in [3.05, 3.63) is 30.0 Å². The molecule has 6 heteroatoms. The fourth-order valence-corrected chi connectivity index (χ4v) is 4.44. The SMILES string of the molecule is COC1CCN(C(=O)c2cc3cc(OCCC4CCCN4C)ccc3[nH]2)CC1. The van der Waals surface area contributed by atoms with Crippen molar-refractivity contribution in [2.24, 2.45) is 0 Å². The Bertz CT molecular complexity index is 810. The van der Waals surface area contributed by atoms with Crippen LogP contribution in [-0.2, 0) is 4.74 Å². The largest absolute Gasteiger partial charge is 0.494 e. The first-order valence-electron chi connectivity index (χ1n) is 10.4. The van der Waals surface area contributed by atoms with E-state index in [2.05, 4.69) is 16.9 Å². The predicted molar refractivity (Wildman–Crippen MR) is 110 cm³/mol. The van der Waals surface area contributed by atoms with E-state index in [9.17, 15) is 4.79 Å². The molecule has 1 atom stereocenters. The minimum atomic E-state index is 0.0671. The summed E-state index contributed by atoms with van der Waals surface area (Å²) in [6, 6.07) is 8.59. The molecule has 152 valence electrons. The number of piperidine rings is 1. The predicted octanol–water partition coefficient (Wildman–Crippen LogP) is 3.28. The third-order valence-corrected chi connectivity index (χ3v) is 6.28. The third-order valence-electron chi connectivity index (χ3n) is 6.28. The summed E-state index contributed by atoms with van der Waals surface area (Å²) in [4.78, 5) is 20.4. The highest BCUT2D eigenvalue weighted by Gasteiger charge is 2.24. The number of hydrogen-bond donors (Lipinski definition) is 1. The fraction of sp³-hybridized carbons (Fsp3) is 0.591. The Labute approximate surface area is 166 Å². The van der Waals surface area contributed by atoms with Crippen LogP contribution in [0.4, 0.5) is 0 Å². The molecular weight excluding hydrogens is 354 g/mol. The van der Waals surface area contributed by atoms with Crippen LogP contribution in [0.15, 0.2) is 24.3 Å². The van der Waals surface area contributed by atoms with Gasteiger partial charge in [0.15, 0.2) is 0 Å². The number of benzene rings is 1. The zero-order valence-electron chi connectivity index (χ0n) is 16.9. The van der Waals surface area contributed by atoms with Crippen LogP contribution >= 0.6 is 0 Å². The maximum Gasteiger partial charge on any atom is 0.270 e. The zero-order chi connectivity index (χ0) is 19.5. The lowest BCUT2D eigenvalue weighted by atomic mass is 10.1. The van der Waals surface area contributed by atoms with Gasteiger partial charge in [0, 0.05) is 37.1 Å². The highest BCUT2D eigenvalue weighted by atomic mass is 16.5. The van der Waals surface area contributed by atoms with E-state index in [-0.39, 0.29) is 12.0 Å². The Balaban J connectivity index is 1.37. The van der Waals surface area contributed by atoms with E-state index in [0.717, 1.165) is 55.6 Å². The molecule has 1 amide bonds. The van der Waals surface area contributed by atoms with Gasteiger partial charge in [-0.3, -0.25) is 4.79 Å². The molecule has 3 heterocycles. The molecule has 2 aliphatic heterocycles. The van der Waals surface area contributed by atoms with Crippen molar-refractivity contribution in [3.8, 4) is 5.75 Å². The molecule has 0 radical (unpaired) electrons. The Morgan fingerprint density at radius 2 is 2.00 bits per heavy atom. The molecule has 0 bridgehead atoms. The Kier molecular flexibility index (Phi) is 5.87. The van der Waals surface area contributed by atoms with Gasteiger partial charge in [0.25, 0.3) is 5.91 Å². The first kappa shape index (κ1) is 19.3. The maximum absolute atomic E-state index is 12.8. The van der Waals surface area contributed by atoms with Crippen molar-refractivity contribution >= 4 is 16.8 Å². The number of nitrogens with one attached hydrogen (secondary N) is 1. The number of aromatic amines is 1. The number of nitrogens with zero attached hydrogens (tertiary/aromatic N) is 2. The van der Waals surface area contributed by atoms with E-state index < -0.39 is 0 Å². The number of rotatable bonds is 6. The van der Waals surface area contributed by atoms with Gasteiger partial charge >= 0.3 is 0 Å². The van der Waals surface area contributed by atoms with Crippen LogP contribution in [0.5, 0.6) is 5.75 Å². The molecule has 2 aromatic rings. The molecule has 1 aromatic heterocycles. The molecule has 2 fully saturated rings. The van der Waals surface area contributed by atoms with Crippen molar-refractivity contribution in [1.29, 1.82) is 0 Å². The van der Waals surface area contributed by atoms with Gasteiger partial charge in [-0.2, -0.15) is 0 Å². The average Bonchev–Trinajstić information content (AvgIpc) is 3.33. The molecule has 1 aromatic carbocycles. The number of likely N-dealkylation sites (tertiary alicyclic amines) is 2. The second-order valence-electron chi connectivity index (χ2n) is 8.07. The number of amides is 1. The highest BCUT2D eigenvalue weighted by molar-refractivity contribution is 5.98.